The second-order valence-corrected chi connectivity index (χ2v) is 9.25. The molecule has 1 aliphatic carbocycles. The molecule has 1 N–H and O–H groups in total. The van der Waals surface area contributed by atoms with Gasteiger partial charge in [0.1, 0.15) is 6.04 Å². The van der Waals surface area contributed by atoms with E-state index in [9.17, 15) is 9.59 Å². The van der Waals surface area contributed by atoms with Gasteiger partial charge in [-0.15, -0.1) is 0 Å². The van der Waals surface area contributed by atoms with Crippen molar-refractivity contribution in [1.82, 2.24) is 10.2 Å². The van der Waals surface area contributed by atoms with Crippen LogP contribution in [0.5, 0.6) is 0 Å². The molecule has 2 amide bonds. The number of aryl methyl sites for hydroxylation is 1. The Kier molecular flexibility index (Phi) is 8.08. The molecular weight excluding hydrogens is 440 g/mol. The number of hydrogen-bond donors (Lipinski definition) is 1. The van der Waals surface area contributed by atoms with Crippen LogP contribution in [0.1, 0.15) is 55.7 Å². The Morgan fingerprint density at radius 1 is 1.00 bits per heavy atom. The fraction of sp³-hybridized carbons (Fsp3) is 0.440. The van der Waals surface area contributed by atoms with E-state index in [-0.39, 0.29) is 24.3 Å². The Hall–Kier alpha value is -2.14. The maximum absolute atomic E-state index is 13.2. The van der Waals surface area contributed by atoms with E-state index in [4.69, 9.17) is 0 Å². The lowest BCUT2D eigenvalue weighted by molar-refractivity contribution is -0.140. The molecule has 1 atom stereocenters. The van der Waals surface area contributed by atoms with Gasteiger partial charge < -0.3 is 10.2 Å². The van der Waals surface area contributed by atoms with Crippen LogP contribution in [0.2, 0.25) is 0 Å². The Bertz CT molecular complexity index is 842. The van der Waals surface area contributed by atoms with E-state index in [2.05, 4.69) is 21.2 Å². The number of hydrogen-bond acceptors (Lipinski definition) is 2. The lowest BCUT2D eigenvalue weighted by Crippen LogP contribution is -2.50. The molecule has 0 heterocycles. The van der Waals surface area contributed by atoms with E-state index in [1.54, 1.807) is 4.90 Å². The second kappa shape index (κ2) is 10.8. The zero-order valence-electron chi connectivity index (χ0n) is 17.9. The molecule has 0 aromatic heterocycles. The molecule has 0 radical (unpaired) electrons. The monoisotopic (exact) mass is 470 g/mol. The van der Waals surface area contributed by atoms with Crippen molar-refractivity contribution in [2.75, 3.05) is 0 Å². The number of halogens is 1. The molecule has 0 unspecified atom stereocenters. The Balaban J connectivity index is 1.74. The molecule has 0 saturated heterocycles. The number of rotatable bonds is 7. The predicted octanol–water partition coefficient (Wildman–Crippen LogP) is 5.17. The fourth-order valence-corrected chi connectivity index (χ4v) is 4.18. The molecule has 0 bridgehead atoms. The van der Waals surface area contributed by atoms with Crippen LogP contribution in [-0.4, -0.2) is 28.8 Å². The van der Waals surface area contributed by atoms with E-state index >= 15 is 0 Å². The fourth-order valence-electron chi connectivity index (χ4n) is 3.92. The summed E-state index contributed by atoms with van der Waals surface area (Å²) in [5.41, 5.74) is 3.14. The number of nitrogens with zero attached hydrogens (tertiary/aromatic N) is 1. The van der Waals surface area contributed by atoms with Crippen LogP contribution in [0, 0.1) is 6.92 Å². The van der Waals surface area contributed by atoms with Crippen molar-refractivity contribution in [2.24, 2.45) is 0 Å². The molecular formula is C25H31BrN2O2. The SMILES string of the molecule is Cc1ccc(CC(=O)N(Cc2ccc(Br)cc2)[C@H](C)C(=O)NC2CCCCC2)cc1. The average molecular weight is 471 g/mol. The molecule has 2 aromatic carbocycles. The molecule has 0 aliphatic heterocycles. The maximum Gasteiger partial charge on any atom is 0.242 e. The molecule has 1 aliphatic rings. The van der Waals surface area contributed by atoms with Crippen LogP contribution in [0.3, 0.4) is 0 Å². The van der Waals surface area contributed by atoms with Crippen molar-refractivity contribution >= 4 is 27.7 Å². The van der Waals surface area contributed by atoms with Crippen molar-refractivity contribution in [3.8, 4) is 0 Å². The molecule has 30 heavy (non-hydrogen) atoms. The summed E-state index contributed by atoms with van der Waals surface area (Å²) in [6.45, 7) is 4.28. The normalized spacial score (nSPS) is 15.4. The second-order valence-electron chi connectivity index (χ2n) is 8.33. The first kappa shape index (κ1) is 22.5. The minimum atomic E-state index is -0.520. The van der Waals surface area contributed by atoms with Gasteiger partial charge in [-0.3, -0.25) is 9.59 Å². The summed E-state index contributed by atoms with van der Waals surface area (Å²) >= 11 is 3.45. The molecule has 160 valence electrons. The highest BCUT2D eigenvalue weighted by atomic mass is 79.9. The van der Waals surface area contributed by atoms with Crippen molar-refractivity contribution < 1.29 is 9.59 Å². The summed E-state index contributed by atoms with van der Waals surface area (Å²) in [5.74, 6) is -0.0932. The van der Waals surface area contributed by atoms with E-state index in [0.29, 0.717) is 6.54 Å². The number of benzene rings is 2. The number of carbonyl (C=O) groups excluding carboxylic acids is 2. The Morgan fingerprint density at radius 2 is 1.60 bits per heavy atom. The summed E-state index contributed by atoms with van der Waals surface area (Å²) in [5, 5.41) is 3.18. The average Bonchev–Trinajstić information content (AvgIpc) is 2.75. The summed E-state index contributed by atoms with van der Waals surface area (Å²) in [6.07, 6.45) is 5.91. The van der Waals surface area contributed by atoms with Crippen LogP contribution in [0.15, 0.2) is 53.0 Å². The lowest BCUT2D eigenvalue weighted by atomic mass is 9.95. The van der Waals surface area contributed by atoms with Crippen molar-refractivity contribution in [3.05, 3.63) is 69.7 Å². The van der Waals surface area contributed by atoms with Gasteiger partial charge in [0.25, 0.3) is 0 Å². The van der Waals surface area contributed by atoms with Crippen molar-refractivity contribution in [2.45, 2.75) is 71.0 Å². The van der Waals surface area contributed by atoms with Gasteiger partial charge in [-0.2, -0.15) is 0 Å². The molecule has 5 heteroatoms. The van der Waals surface area contributed by atoms with E-state index in [1.165, 1.54) is 6.42 Å². The molecule has 2 aromatic rings. The highest BCUT2D eigenvalue weighted by Gasteiger charge is 2.28. The van der Waals surface area contributed by atoms with E-state index in [1.807, 2.05) is 62.4 Å². The molecule has 4 nitrogen and oxygen atoms in total. The van der Waals surface area contributed by atoms with Gasteiger partial charge in [-0.1, -0.05) is 77.2 Å². The summed E-state index contributed by atoms with van der Waals surface area (Å²) in [4.78, 5) is 27.9. The predicted molar refractivity (Wildman–Crippen MR) is 124 cm³/mol. The molecule has 0 spiro atoms. The first-order valence-corrected chi connectivity index (χ1v) is 11.6. The van der Waals surface area contributed by atoms with Crippen LogP contribution in [-0.2, 0) is 22.6 Å². The quantitative estimate of drug-likeness (QED) is 0.606. The standard InChI is InChI=1S/C25H31BrN2O2/c1-18-8-10-20(11-9-18)16-24(29)28(17-21-12-14-22(26)15-13-21)19(2)25(30)27-23-6-4-3-5-7-23/h8-15,19,23H,3-7,16-17H2,1-2H3,(H,27,30)/t19-/m1/s1. The van der Waals surface area contributed by atoms with Crippen LogP contribution < -0.4 is 5.32 Å². The lowest BCUT2D eigenvalue weighted by Gasteiger charge is -2.31. The number of amides is 2. The van der Waals surface area contributed by atoms with Crippen LogP contribution in [0.4, 0.5) is 0 Å². The minimum Gasteiger partial charge on any atom is -0.352 e. The third kappa shape index (κ3) is 6.43. The molecule has 1 fully saturated rings. The number of carbonyl (C=O) groups is 2. The van der Waals surface area contributed by atoms with E-state index < -0.39 is 6.04 Å². The summed E-state index contributed by atoms with van der Waals surface area (Å²) in [6, 6.07) is 15.6. The van der Waals surface area contributed by atoms with Gasteiger partial charge >= 0.3 is 0 Å². The van der Waals surface area contributed by atoms with Crippen LogP contribution in [0.25, 0.3) is 0 Å². The Morgan fingerprint density at radius 3 is 2.23 bits per heavy atom. The third-order valence-electron chi connectivity index (χ3n) is 5.86. The van der Waals surface area contributed by atoms with Gasteiger partial charge in [0, 0.05) is 17.1 Å². The van der Waals surface area contributed by atoms with Gasteiger partial charge in [-0.05, 0) is 49.9 Å². The third-order valence-corrected chi connectivity index (χ3v) is 6.39. The smallest absolute Gasteiger partial charge is 0.242 e. The van der Waals surface area contributed by atoms with Crippen LogP contribution >= 0.6 is 15.9 Å². The maximum atomic E-state index is 13.2. The molecule has 3 rings (SSSR count). The van der Waals surface area contributed by atoms with Crippen molar-refractivity contribution in [3.63, 3.8) is 0 Å². The first-order valence-electron chi connectivity index (χ1n) is 10.8. The summed E-state index contributed by atoms with van der Waals surface area (Å²) in [7, 11) is 0. The van der Waals surface area contributed by atoms with E-state index in [0.717, 1.165) is 46.8 Å². The Labute approximate surface area is 188 Å². The van der Waals surface area contributed by atoms with Gasteiger partial charge in [0.2, 0.25) is 11.8 Å². The van der Waals surface area contributed by atoms with Gasteiger partial charge in [-0.25, -0.2) is 0 Å². The van der Waals surface area contributed by atoms with Gasteiger partial charge in [0.05, 0.1) is 6.42 Å². The van der Waals surface area contributed by atoms with Gasteiger partial charge in [0.15, 0.2) is 0 Å². The zero-order chi connectivity index (χ0) is 21.5. The largest absolute Gasteiger partial charge is 0.352 e. The van der Waals surface area contributed by atoms with Crippen molar-refractivity contribution in [1.29, 1.82) is 0 Å². The summed E-state index contributed by atoms with van der Waals surface area (Å²) < 4.78 is 0.992. The minimum absolute atomic E-state index is 0.0342. The first-order chi connectivity index (χ1) is 14.4. The molecule has 1 saturated carbocycles. The topological polar surface area (TPSA) is 49.4 Å². The number of nitrogens with one attached hydrogen (secondary N) is 1. The zero-order valence-corrected chi connectivity index (χ0v) is 19.5. The highest BCUT2D eigenvalue weighted by molar-refractivity contribution is 9.10. The highest BCUT2D eigenvalue weighted by Crippen LogP contribution is 2.19.